The van der Waals surface area contributed by atoms with Gasteiger partial charge in [0.15, 0.2) is 35.6 Å². The molecule has 0 aliphatic rings. The van der Waals surface area contributed by atoms with E-state index in [1.165, 1.54) is 32.4 Å². The summed E-state index contributed by atoms with van der Waals surface area (Å²) in [7, 11) is 2.55. The zero-order valence-corrected chi connectivity index (χ0v) is 15.9. The molecule has 2 aromatic carbocycles. The van der Waals surface area contributed by atoms with Crippen LogP contribution in [0.25, 0.3) is 0 Å². The second-order valence-electron chi connectivity index (χ2n) is 5.68. The number of carbonyl (C=O) groups is 3. The summed E-state index contributed by atoms with van der Waals surface area (Å²) >= 11 is 0. The van der Waals surface area contributed by atoms with E-state index in [9.17, 15) is 27.6 Å². The van der Waals surface area contributed by atoms with Crippen LogP contribution < -0.4 is 20.1 Å². The molecule has 2 N–H and O–H groups in total. The summed E-state index contributed by atoms with van der Waals surface area (Å²) in [4.78, 5) is 35.3. The zero-order valence-electron chi connectivity index (χ0n) is 15.9. The average Bonchev–Trinajstić information content (AvgIpc) is 2.75. The number of hydrogen-bond donors (Lipinski definition) is 2. The van der Waals surface area contributed by atoms with E-state index in [1.54, 1.807) is 0 Å². The summed E-state index contributed by atoms with van der Waals surface area (Å²) in [5.74, 6) is -6.56. The van der Waals surface area contributed by atoms with Gasteiger partial charge in [0.2, 0.25) is 5.91 Å². The number of rotatable bonds is 8. The van der Waals surface area contributed by atoms with Crippen molar-refractivity contribution in [3.8, 4) is 11.5 Å². The molecule has 0 saturated carbocycles. The van der Waals surface area contributed by atoms with Gasteiger partial charge in [-0.2, -0.15) is 0 Å². The smallest absolute Gasteiger partial charge is 0.343 e. The minimum absolute atomic E-state index is 0.0717. The lowest BCUT2D eigenvalue weighted by Crippen LogP contribution is -2.33. The van der Waals surface area contributed by atoms with Crippen LogP contribution in [-0.2, 0) is 14.3 Å². The number of amides is 2. The van der Waals surface area contributed by atoms with Gasteiger partial charge < -0.3 is 24.8 Å². The Bertz CT molecular complexity index is 968. The van der Waals surface area contributed by atoms with Gasteiger partial charge in [-0.05, 0) is 30.3 Å². The van der Waals surface area contributed by atoms with Crippen molar-refractivity contribution in [1.82, 2.24) is 5.32 Å². The molecule has 2 rings (SSSR count). The number of carbonyl (C=O) groups excluding carboxylic acids is 3. The fraction of sp³-hybridized carbons (Fsp3) is 0.211. The highest BCUT2D eigenvalue weighted by Gasteiger charge is 2.17. The van der Waals surface area contributed by atoms with Gasteiger partial charge in [0, 0.05) is 5.56 Å². The summed E-state index contributed by atoms with van der Waals surface area (Å²) in [6.45, 7) is -0.998. The van der Waals surface area contributed by atoms with Gasteiger partial charge in [-0.3, -0.25) is 9.59 Å². The van der Waals surface area contributed by atoms with Crippen molar-refractivity contribution >= 4 is 23.5 Å². The van der Waals surface area contributed by atoms with E-state index in [4.69, 9.17) is 9.47 Å². The number of esters is 1. The number of ether oxygens (including phenoxy) is 3. The molecule has 0 saturated heterocycles. The monoisotopic (exact) mass is 426 g/mol. The van der Waals surface area contributed by atoms with E-state index in [0.717, 1.165) is 6.07 Å². The first-order valence-electron chi connectivity index (χ1n) is 8.36. The maximum absolute atomic E-state index is 13.6. The van der Waals surface area contributed by atoms with Crippen LogP contribution in [0.1, 0.15) is 10.4 Å². The molecule has 0 radical (unpaired) electrons. The van der Waals surface area contributed by atoms with Gasteiger partial charge in [-0.15, -0.1) is 0 Å². The van der Waals surface area contributed by atoms with Crippen LogP contribution in [0.5, 0.6) is 11.5 Å². The van der Waals surface area contributed by atoms with Crippen LogP contribution >= 0.6 is 0 Å². The Kier molecular flexibility index (Phi) is 7.62. The number of anilines is 1. The molecule has 0 unspecified atom stereocenters. The molecular formula is C19H17F3N2O6. The van der Waals surface area contributed by atoms with Gasteiger partial charge >= 0.3 is 5.97 Å². The molecular weight excluding hydrogens is 409 g/mol. The summed E-state index contributed by atoms with van der Waals surface area (Å²) < 4.78 is 54.5. The number of nitrogens with one attached hydrogen (secondary N) is 2. The van der Waals surface area contributed by atoms with E-state index in [-0.39, 0.29) is 17.1 Å². The molecule has 0 bridgehead atoms. The molecule has 8 nitrogen and oxygen atoms in total. The number of halogens is 3. The van der Waals surface area contributed by atoms with E-state index in [1.807, 2.05) is 5.32 Å². The molecule has 160 valence electrons. The maximum atomic E-state index is 13.6. The van der Waals surface area contributed by atoms with Crippen LogP contribution in [0.3, 0.4) is 0 Å². The van der Waals surface area contributed by atoms with Crippen LogP contribution in [0.2, 0.25) is 0 Å². The van der Waals surface area contributed by atoms with Crippen molar-refractivity contribution in [2.75, 3.05) is 32.7 Å². The van der Waals surface area contributed by atoms with E-state index in [0.29, 0.717) is 6.07 Å². The Morgan fingerprint density at radius 2 is 1.70 bits per heavy atom. The summed E-state index contributed by atoms with van der Waals surface area (Å²) in [6.07, 6.45) is 0. The number of benzene rings is 2. The van der Waals surface area contributed by atoms with E-state index < -0.39 is 54.1 Å². The highest BCUT2D eigenvalue weighted by Crippen LogP contribution is 2.28. The maximum Gasteiger partial charge on any atom is 0.343 e. The Balaban J connectivity index is 2.01. The van der Waals surface area contributed by atoms with Crippen molar-refractivity contribution in [1.29, 1.82) is 0 Å². The third-order valence-electron chi connectivity index (χ3n) is 3.72. The largest absolute Gasteiger partial charge is 0.493 e. The van der Waals surface area contributed by atoms with Crippen molar-refractivity contribution in [2.24, 2.45) is 0 Å². The second-order valence-corrected chi connectivity index (χ2v) is 5.68. The average molecular weight is 426 g/mol. The Hall–Kier alpha value is -3.76. The fourth-order valence-electron chi connectivity index (χ4n) is 2.21. The topological polar surface area (TPSA) is 103 Å². The Labute approximate surface area is 168 Å². The molecule has 30 heavy (non-hydrogen) atoms. The first-order chi connectivity index (χ1) is 14.3. The first-order valence-corrected chi connectivity index (χ1v) is 8.36. The Morgan fingerprint density at radius 3 is 2.37 bits per heavy atom. The van der Waals surface area contributed by atoms with Crippen LogP contribution in [0.15, 0.2) is 30.3 Å². The molecule has 0 atom stereocenters. The third kappa shape index (κ3) is 5.63. The second kappa shape index (κ2) is 10.1. The Morgan fingerprint density at radius 1 is 0.967 bits per heavy atom. The van der Waals surface area contributed by atoms with Crippen molar-refractivity contribution in [3.05, 3.63) is 53.3 Å². The lowest BCUT2D eigenvalue weighted by atomic mass is 10.2. The van der Waals surface area contributed by atoms with Crippen molar-refractivity contribution in [2.45, 2.75) is 0 Å². The lowest BCUT2D eigenvalue weighted by molar-refractivity contribution is -0.142. The molecule has 0 fully saturated rings. The molecule has 0 heterocycles. The quantitative estimate of drug-likeness (QED) is 0.495. The minimum atomic E-state index is -1.73. The van der Waals surface area contributed by atoms with Crippen molar-refractivity contribution in [3.63, 3.8) is 0 Å². The lowest BCUT2D eigenvalue weighted by Gasteiger charge is -2.12. The predicted octanol–water partition coefficient (Wildman–Crippen LogP) is 2.03. The summed E-state index contributed by atoms with van der Waals surface area (Å²) in [6, 6.07) is 5.58. The normalized spacial score (nSPS) is 10.2. The summed E-state index contributed by atoms with van der Waals surface area (Å²) in [5.41, 5.74) is -0.501. The first kappa shape index (κ1) is 22.5. The van der Waals surface area contributed by atoms with Gasteiger partial charge in [-0.25, -0.2) is 18.0 Å². The van der Waals surface area contributed by atoms with Crippen LogP contribution in [0, 0.1) is 17.5 Å². The van der Waals surface area contributed by atoms with Crippen LogP contribution in [-0.4, -0.2) is 45.2 Å². The van der Waals surface area contributed by atoms with Gasteiger partial charge in [0.05, 0.1) is 26.5 Å². The molecule has 0 aromatic heterocycles. The third-order valence-corrected chi connectivity index (χ3v) is 3.72. The predicted molar refractivity (Wildman–Crippen MR) is 97.8 cm³/mol. The van der Waals surface area contributed by atoms with Gasteiger partial charge in [0.1, 0.15) is 0 Å². The molecule has 2 aromatic rings. The van der Waals surface area contributed by atoms with E-state index >= 15 is 0 Å². The van der Waals surface area contributed by atoms with Crippen molar-refractivity contribution < 1.29 is 41.8 Å². The van der Waals surface area contributed by atoms with Gasteiger partial charge in [-0.1, -0.05) is 0 Å². The molecule has 0 aliphatic carbocycles. The molecule has 0 aliphatic heterocycles. The SMILES string of the molecule is COC(=O)COc1cc(C(=O)NCC(=O)Nc2ccc(F)c(F)c2F)ccc1OC. The fourth-order valence-corrected chi connectivity index (χ4v) is 2.21. The van der Waals surface area contributed by atoms with E-state index in [2.05, 4.69) is 10.1 Å². The minimum Gasteiger partial charge on any atom is -0.493 e. The number of hydrogen-bond acceptors (Lipinski definition) is 6. The molecule has 2 amide bonds. The van der Waals surface area contributed by atoms with Gasteiger partial charge in [0.25, 0.3) is 5.91 Å². The highest BCUT2D eigenvalue weighted by molar-refractivity contribution is 5.99. The van der Waals surface area contributed by atoms with Crippen LogP contribution in [0.4, 0.5) is 18.9 Å². The highest BCUT2D eigenvalue weighted by atomic mass is 19.2. The molecule has 0 spiro atoms. The number of methoxy groups -OCH3 is 2. The summed E-state index contributed by atoms with van der Waals surface area (Å²) in [5, 5.41) is 4.30. The standard InChI is InChI=1S/C19H17F3N2O6/c1-28-13-6-3-10(7-14(13)30-9-16(26)29-2)19(27)23-8-15(25)24-12-5-4-11(20)17(21)18(12)22/h3-7H,8-9H2,1-2H3,(H,23,27)(H,24,25). The molecule has 11 heteroatoms. The zero-order chi connectivity index (χ0) is 22.3.